The molecule has 0 aliphatic rings. The van der Waals surface area contributed by atoms with Gasteiger partial charge in [-0.05, 0) is 41.2 Å². The molecule has 0 saturated heterocycles. The summed E-state index contributed by atoms with van der Waals surface area (Å²) in [5.74, 6) is -0.465. The molecule has 0 aliphatic carbocycles. The molecule has 2 rings (SSSR count). The van der Waals surface area contributed by atoms with Gasteiger partial charge in [0.15, 0.2) is 0 Å². The van der Waals surface area contributed by atoms with Gasteiger partial charge in [-0.15, -0.1) is 0 Å². The highest BCUT2D eigenvalue weighted by Gasteiger charge is 2.21. The van der Waals surface area contributed by atoms with Gasteiger partial charge in [-0.1, -0.05) is 45.6 Å². The van der Waals surface area contributed by atoms with Crippen molar-refractivity contribution in [3.8, 4) is 11.3 Å². The van der Waals surface area contributed by atoms with E-state index in [1.54, 1.807) is 18.3 Å². The molecular formula is C18H24FNSi. The number of aromatic nitrogens is 1. The van der Waals surface area contributed by atoms with Crippen LogP contribution < -0.4 is 5.19 Å². The SMILES string of the molecule is [2H]C([2H])(c1cc(-c2cccc(F)c2)ncc1[Si](C)(C)C)C(C)C. The smallest absolute Gasteiger partial charge is 0.123 e. The van der Waals surface area contributed by atoms with Gasteiger partial charge in [0.2, 0.25) is 0 Å². The number of benzene rings is 1. The fourth-order valence-corrected chi connectivity index (χ4v) is 3.69. The van der Waals surface area contributed by atoms with E-state index in [0.29, 0.717) is 16.8 Å². The molecule has 0 bridgehead atoms. The topological polar surface area (TPSA) is 12.9 Å². The first kappa shape index (κ1) is 13.2. The van der Waals surface area contributed by atoms with Crippen molar-refractivity contribution >= 4 is 13.3 Å². The fourth-order valence-electron chi connectivity index (χ4n) is 2.29. The second-order valence-electron chi connectivity index (χ2n) is 6.67. The molecule has 21 heavy (non-hydrogen) atoms. The summed E-state index contributed by atoms with van der Waals surface area (Å²) in [4.78, 5) is 4.49. The van der Waals surface area contributed by atoms with Crippen molar-refractivity contribution < 1.29 is 7.13 Å². The molecule has 1 aromatic carbocycles. The van der Waals surface area contributed by atoms with E-state index in [-0.39, 0.29) is 11.7 Å². The van der Waals surface area contributed by atoms with E-state index in [1.807, 2.05) is 19.9 Å². The molecule has 0 spiro atoms. The van der Waals surface area contributed by atoms with Gasteiger partial charge in [-0.25, -0.2) is 4.39 Å². The van der Waals surface area contributed by atoms with Crippen molar-refractivity contribution in [1.82, 2.24) is 4.98 Å². The average Bonchev–Trinajstić information content (AvgIpc) is 2.45. The molecule has 0 unspecified atom stereocenters. The average molecular weight is 303 g/mol. The summed E-state index contributed by atoms with van der Waals surface area (Å²) in [7, 11) is -1.74. The quantitative estimate of drug-likeness (QED) is 0.750. The maximum atomic E-state index is 13.5. The molecule has 0 amide bonds. The van der Waals surface area contributed by atoms with Crippen LogP contribution in [0.5, 0.6) is 0 Å². The molecule has 0 radical (unpaired) electrons. The minimum Gasteiger partial charge on any atom is -0.256 e. The molecule has 0 aliphatic heterocycles. The Morgan fingerprint density at radius 3 is 2.52 bits per heavy atom. The van der Waals surface area contributed by atoms with Gasteiger partial charge in [-0.3, -0.25) is 4.98 Å². The lowest BCUT2D eigenvalue weighted by Crippen LogP contribution is -2.40. The summed E-state index contributed by atoms with van der Waals surface area (Å²) in [6, 6.07) is 8.09. The Labute approximate surface area is 131 Å². The summed E-state index contributed by atoms with van der Waals surface area (Å²) in [6.07, 6.45) is 0.350. The van der Waals surface area contributed by atoms with Crippen LogP contribution in [-0.4, -0.2) is 13.1 Å². The first-order valence-electron chi connectivity index (χ1n) is 8.30. The third-order valence-electron chi connectivity index (χ3n) is 3.28. The standard InChI is InChI=1S/C18H24FNSi/c1-13(2)9-15-11-17(14-7-6-8-16(19)10-14)20-12-18(15)21(3,4)5/h6-8,10-13H,9H2,1-5H3/i9D2. The molecule has 1 nitrogen and oxygen atoms in total. The van der Waals surface area contributed by atoms with E-state index in [1.165, 1.54) is 12.1 Å². The molecular weight excluding hydrogens is 277 g/mol. The Morgan fingerprint density at radius 1 is 1.24 bits per heavy atom. The Kier molecular flexibility index (Phi) is 3.83. The predicted molar refractivity (Wildman–Crippen MR) is 91.2 cm³/mol. The molecule has 0 fully saturated rings. The van der Waals surface area contributed by atoms with Gasteiger partial charge in [0, 0.05) is 14.5 Å². The van der Waals surface area contributed by atoms with Gasteiger partial charge >= 0.3 is 0 Å². The summed E-state index contributed by atoms with van der Waals surface area (Å²) in [5.41, 5.74) is 1.99. The predicted octanol–water partition coefficient (Wildman–Crippen LogP) is 4.63. The number of nitrogens with zero attached hydrogens (tertiary/aromatic N) is 1. The van der Waals surface area contributed by atoms with E-state index >= 15 is 0 Å². The number of rotatable bonds is 4. The van der Waals surface area contributed by atoms with Crippen LogP contribution in [0, 0.1) is 11.7 Å². The second kappa shape index (κ2) is 6.10. The van der Waals surface area contributed by atoms with Gasteiger partial charge in [-0.2, -0.15) is 0 Å². The van der Waals surface area contributed by atoms with Crippen molar-refractivity contribution in [3.05, 3.63) is 47.9 Å². The maximum absolute atomic E-state index is 13.5. The Balaban J connectivity index is 2.68. The van der Waals surface area contributed by atoms with Crippen molar-refractivity contribution in [2.45, 2.75) is 39.9 Å². The normalized spacial score (nSPS) is 14.0. The van der Waals surface area contributed by atoms with Crippen LogP contribution in [0.3, 0.4) is 0 Å². The lowest BCUT2D eigenvalue weighted by atomic mass is 10.0. The Bertz CT molecular complexity index is 708. The molecule has 1 aromatic heterocycles. The highest BCUT2D eigenvalue weighted by molar-refractivity contribution is 6.89. The first-order chi connectivity index (χ1) is 10.5. The maximum Gasteiger partial charge on any atom is 0.123 e. The minimum absolute atomic E-state index is 0.152. The number of hydrogen-bond acceptors (Lipinski definition) is 1. The molecule has 112 valence electrons. The lowest BCUT2D eigenvalue weighted by Gasteiger charge is -2.22. The number of hydrogen-bond donors (Lipinski definition) is 0. The Hall–Kier alpha value is -1.48. The molecule has 1 heterocycles. The van der Waals surface area contributed by atoms with Gasteiger partial charge in [0.05, 0.1) is 13.8 Å². The van der Waals surface area contributed by atoms with Crippen molar-refractivity contribution in [2.75, 3.05) is 0 Å². The monoisotopic (exact) mass is 303 g/mol. The van der Waals surface area contributed by atoms with E-state index in [2.05, 4.69) is 24.6 Å². The number of pyridine rings is 1. The van der Waals surface area contributed by atoms with Crippen molar-refractivity contribution in [1.29, 1.82) is 0 Å². The molecule has 0 saturated carbocycles. The molecule has 3 heteroatoms. The Morgan fingerprint density at radius 2 is 1.95 bits per heavy atom. The third-order valence-corrected chi connectivity index (χ3v) is 5.29. The number of halogens is 1. The van der Waals surface area contributed by atoms with Crippen molar-refractivity contribution in [2.24, 2.45) is 5.92 Å². The highest BCUT2D eigenvalue weighted by Crippen LogP contribution is 2.21. The fraction of sp³-hybridized carbons (Fsp3) is 0.389. The van der Waals surface area contributed by atoms with E-state index in [4.69, 9.17) is 2.74 Å². The molecule has 2 aromatic rings. The molecule has 0 N–H and O–H groups in total. The second-order valence-corrected chi connectivity index (χ2v) is 11.7. The third kappa shape index (κ3) is 4.00. The van der Waals surface area contributed by atoms with Crippen LogP contribution in [0.2, 0.25) is 19.6 Å². The van der Waals surface area contributed by atoms with Crippen LogP contribution >= 0.6 is 0 Å². The van der Waals surface area contributed by atoms with E-state index < -0.39 is 14.4 Å². The lowest BCUT2D eigenvalue weighted by molar-refractivity contribution is 0.628. The van der Waals surface area contributed by atoms with Gasteiger partial charge in [0.25, 0.3) is 0 Å². The van der Waals surface area contributed by atoms with E-state index in [9.17, 15) is 4.39 Å². The van der Waals surface area contributed by atoms with Crippen LogP contribution in [0.25, 0.3) is 11.3 Å². The summed E-state index contributed by atoms with van der Waals surface area (Å²) in [5, 5.41) is 1.02. The van der Waals surface area contributed by atoms with Crippen molar-refractivity contribution in [3.63, 3.8) is 0 Å². The largest absolute Gasteiger partial charge is 0.256 e. The summed E-state index contributed by atoms with van der Waals surface area (Å²) < 4.78 is 30.6. The van der Waals surface area contributed by atoms with Gasteiger partial charge in [0.1, 0.15) is 5.82 Å². The van der Waals surface area contributed by atoms with Crippen LogP contribution in [0.1, 0.15) is 22.2 Å². The zero-order valence-corrected chi connectivity index (χ0v) is 14.4. The van der Waals surface area contributed by atoms with Crippen LogP contribution in [0.15, 0.2) is 36.5 Å². The zero-order chi connectivity index (χ0) is 17.4. The van der Waals surface area contributed by atoms with Crippen LogP contribution in [-0.2, 0) is 6.37 Å². The highest BCUT2D eigenvalue weighted by atomic mass is 28.3. The minimum atomic E-state index is -1.74. The molecule has 0 atom stereocenters. The summed E-state index contributed by atoms with van der Waals surface area (Å²) >= 11 is 0. The van der Waals surface area contributed by atoms with Gasteiger partial charge < -0.3 is 0 Å². The summed E-state index contributed by atoms with van der Waals surface area (Å²) in [6.45, 7) is 10.3. The first-order valence-corrected chi connectivity index (χ1v) is 10.8. The zero-order valence-electron chi connectivity index (χ0n) is 15.4. The van der Waals surface area contributed by atoms with Crippen LogP contribution in [0.4, 0.5) is 4.39 Å². The van der Waals surface area contributed by atoms with E-state index in [0.717, 1.165) is 5.19 Å².